The number of hydrogen-bond acceptors (Lipinski definition) is 2. The molecule has 0 aliphatic carbocycles. The predicted molar refractivity (Wildman–Crippen MR) is 67.0 cm³/mol. The number of halogens is 3. The third-order valence-electron chi connectivity index (χ3n) is 2.38. The van der Waals surface area contributed by atoms with Crippen molar-refractivity contribution in [3.8, 4) is 0 Å². The van der Waals surface area contributed by atoms with E-state index in [1.807, 2.05) is 13.1 Å². The van der Waals surface area contributed by atoms with Crippen molar-refractivity contribution in [1.29, 1.82) is 0 Å². The molecule has 6 heteroatoms. The molecule has 90 valence electrons. The first kappa shape index (κ1) is 12.2. The summed E-state index contributed by atoms with van der Waals surface area (Å²) in [4.78, 5) is 0. The van der Waals surface area contributed by atoms with Crippen molar-refractivity contribution < 1.29 is 4.39 Å². The maximum absolute atomic E-state index is 13.0. The van der Waals surface area contributed by atoms with Crippen LogP contribution in [0, 0.1) is 5.82 Å². The van der Waals surface area contributed by atoms with Gasteiger partial charge in [0.1, 0.15) is 5.82 Å². The van der Waals surface area contributed by atoms with E-state index in [9.17, 15) is 4.39 Å². The van der Waals surface area contributed by atoms with Gasteiger partial charge in [0.2, 0.25) is 0 Å². The Morgan fingerprint density at radius 3 is 2.53 bits per heavy atom. The van der Waals surface area contributed by atoms with E-state index in [1.165, 1.54) is 12.1 Å². The highest BCUT2D eigenvalue weighted by molar-refractivity contribution is 6.39. The van der Waals surface area contributed by atoms with Crippen LogP contribution in [0.1, 0.15) is 5.69 Å². The molecule has 0 amide bonds. The molecule has 1 aromatic heterocycles. The van der Waals surface area contributed by atoms with E-state index in [0.717, 1.165) is 5.69 Å². The SMILES string of the molecule is Cn1nccc1CNc1c(Cl)cc(F)cc1Cl. The number of nitrogens with one attached hydrogen (secondary N) is 1. The Hall–Kier alpha value is -1.26. The van der Waals surface area contributed by atoms with Gasteiger partial charge < -0.3 is 5.32 Å². The first-order chi connectivity index (χ1) is 8.08. The van der Waals surface area contributed by atoms with Crippen molar-refractivity contribution >= 4 is 28.9 Å². The van der Waals surface area contributed by atoms with E-state index in [0.29, 0.717) is 12.2 Å². The lowest BCUT2D eigenvalue weighted by Crippen LogP contribution is -2.06. The Kier molecular flexibility index (Phi) is 3.54. The molecule has 0 aliphatic rings. The van der Waals surface area contributed by atoms with Crippen molar-refractivity contribution in [2.45, 2.75) is 6.54 Å². The van der Waals surface area contributed by atoms with Crippen LogP contribution in [0.2, 0.25) is 10.0 Å². The second-order valence-corrected chi connectivity index (χ2v) is 4.36. The highest BCUT2D eigenvalue weighted by Gasteiger charge is 2.08. The number of anilines is 1. The van der Waals surface area contributed by atoms with E-state index in [2.05, 4.69) is 10.4 Å². The van der Waals surface area contributed by atoms with Crippen LogP contribution in [0.15, 0.2) is 24.4 Å². The Balaban J connectivity index is 2.17. The molecule has 2 aromatic rings. The van der Waals surface area contributed by atoms with Crippen molar-refractivity contribution in [2.24, 2.45) is 7.05 Å². The van der Waals surface area contributed by atoms with Crippen LogP contribution in [0.3, 0.4) is 0 Å². The molecule has 0 spiro atoms. The zero-order valence-electron chi connectivity index (χ0n) is 9.04. The summed E-state index contributed by atoms with van der Waals surface area (Å²) in [5.41, 5.74) is 1.50. The third kappa shape index (κ3) is 2.70. The van der Waals surface area contributed by atoms with Gasteiger partial charge in [-0.25, -0.2) is 4.39 Å². The van der Waals surface area contributed by atoms with Crippen LogP contribution < -0.4 is 5.32 Å². The molecule has 0 aliphatic heterocycles. The minimum absolute atomic E-state index is 0.261. The summed E-state index contributed by atoms with van der Waals surface area (Å²) in [6.45, 7) is 0.515. The summed E-state index contributed by atoms with van der Waals surface area (Å²) < 4.78 is 14.7. The molecular weight excluding hydrogens is 264 g/mol. The van der Waals surface area contributed by atoms with Crippen LogP contribution in [0.25, 0.3) is 0 Å². The van der Waals surface area contributed by atoms with Gasteiger partial charge in [-0.05, 0) is 18.2 Å². The Bertz CT molecular complexity index is 516. The molecule has 1 N–H and O–H groups in total. The van der Waals surface area contributed by atoms with Gasteiger partial charge in [0.25, 0.3) is 0 Å². The quantitative estimate of drug-likeness (QED) is 0.928. The van der Waals surface area contributed by atoms with Crippen LogP contribution in [-0.4, -0.2) is 9.78 Å². The third-order valence-corrected chi connectivity index (χ3v) is 2.97. The predicted octanol–water partition coefficient (Wildman–Crippen LogP) is 3.48. The van der Waals surface area contributed by atoms with Crippen molar-refractivity contribution in [1.82, 2.24) is 9.78 Å². The molecule has 0 atom stereocenters. The molecule has 17 heavy (non-hydrogen) atoms. The van der Waals surface area contributed by atoms with Crippen LogP contribution >= 0.6 is 23.2 Å². The number of nitrogens with zero attached hydrogens (tertiary/aromatic N) is 2. The molecule has 0 radical (unpaired) electrons. The topological polar surface area (TPSA) is 29.9 Å². The van der Waals surface area contributed by atoms with E-state index in [4.69, 9.17) is 23.2 Å². The molecule has 1 heterocycles. The van der Waals surface area contributed by atoms with Crippen LogP contribution in [-0.2, 0) is 13.6 Å². The fourth-order valence-electron chi connectivity index (χ4n) is 1.46. The molecule has 3 nitrogen and oxygen atoms in total. The van der Waals surface area contributed by atoms with Gasteiger partial charge in [-0.3, -0.25) is 4.68 Å². The number of aryl methyl sites for hydroxylation is 1. The summed E-state index contributed by atoms with van der Waals surface area (Å²) in [6, 6.07) is 4.32. The average molecular weight is 274 g/mol. The first-order valence-corrected chi connectivity index (χ1v) is 5.69. The number of benzene rings is 1. The summed E-state index contributed by atoms with van der Waals surface area (Å²) in [5.74, 6) is -0.453. The van der Waals surface area contributed by atoms with Crippen molar-refractivity contribution in [3.05, 3.63) is 46.0 Å². The monoisotopic (exact) mass is 273 g/mol. The summed E-state index contributed by atoms with van der Waals surface area (Å²) in [5, 5.41) is 7.62. The van der Waals surface area contributed by atoms with Crippen molar-refractivity contribution in [2.75, 3.05) is 5.32 Å². The average Bonchev–Trinajstić information content (AvgIpc) is 2.62. The maximum Gasteiger partial charge on any atom is 0.126 e. The van der Waals surface area contributed by atoms with Gasteiger partial charge in [0.05, 0.1) is 28.0 Å². The zero-order valence-corrected chi connectivity index (χ0v) is 10.6. The van der Waals surface area contributed by atoms with Gasteiger partial charge in [-0.15, -0.1) is 0 Å². The Labute approximate surface area is 108 Å². The number of rotatable bonds is 3. The molecule has 0 unspecified atom stereocenters. The number of aromatic nitrogens is 2. The summed E-state index contributed by atoms with van der Waals surface area (Å²) in [6.07, 6.45) is 1.70. The van der Waals surface area contributed by atoms with E-state index in [-0.39, 0.29) is 10.0 Å². The second-order valence-electron chi connectivity index (χ2n) is 3.54. The molecular formula is C11H10Cl2FN3. The smallest absolute Gasteiger partial charge is 0.126 e. The van der Waals surface area contributed by atoms with Gasteiger partial charge in [0, 0.05) is 13.2 Å². The van der Waals surface area contributed by atoms with Crippen LogP contribution in [0.4, 0.5) is 10.1 Å². The Morgan fingerprint density at radius 2 is 2.00 bits per heavy atom. The van der Waals surface area contributed by atoms with E-state index < -0.39 is 5.82 Å². The number of hydrogen-bond donors (Lipinski definition) is 1. The van der Waals surface area contributed by atoms with E-state index >= 15 is 0 Å². The minimum atomic E-state index is -0.453. The standard InChI is InChI=1S/C11H10Cl2FN3/c1-17-8(2-3-16-17)6-15-11-9(12)4-7(14)5-10(11)13/h2-5,15H,6H2,1H3. The largest absolute Gasteiger partial charge is 0.377 e. The molecule has 0 fully saturated rings. The maximum atomic E-state index is 13.0. The molecule has 2 rings (SSSR count). The van der Waals surface area contributed by atoms with Crippen molar-refractivity contribution in [3.63, 3.8) is 0 Å². The molecule has 1 aromatic carbocycles. The van der Waals surface area contributed by atoms with Gasteiger partial charge >= 0.3 is 0 Å². The highest BCUT2D eigenvalue weighted by atomic mass is 35.5. The lowest BCUT2D eigenvalue weighted by Gasteiger charge is -2.10. The zero-order chi connectivity index (χ0) is 12.4. The van der Waals surface area contributed by atoms with Gasteiger partial charge in [-0.1, -0.05) is 23.2 Å². The highest BCUT2D eigenvalue weighted by Crippen LogP contribution is 2.31. The minimum Gasteiger partial charge on any atom is -0.377 e. The first-order valence-electron chi connectivity index (χ1n) is 4.93. The molecule has 0 bridgehead atoms. The van der Waals surface area contributed by atoms with Crippen LogP contribution in [0.5, 0.6) is 0 Å². The summed E-state index contributed by atoms with van der Waals surface area (Å²) in [7, 11) is 1.84. The molecule has 0 saturated carbocycles. The van der Waals surface area contributed by atoms with Gasteiger partial charge in [0.15, 0.2) is 0 Å². The van der Waals surface area contributed by atoms with Gasteiger partial charge in [-0.2, -0.15) is 5.10 Å². The molecule has 0 saturated heterocycles. The fourth-order valence-corrected chi connectivity index (χ4v) is 2.06. The lowest BCUT2D eigenvalue weighted by atomic mass is 10.3. The summed E-state index contributed by atoms with van der Waals surface area (Å²) >= 11 is 11.8. The fraction of sp³-hybridized carbons (Fsp3) is 0.182. The second kappa shape index (κ2) is 4.94. The Morgan fingerprint density at radius 1 is 1.35 bits per heavy atom. The lowest BCUT2D eigenvalue weighted by molar-refractivity contribution is 0.628. The van der Waals surface area contributed by atoms with E-state index in [1.54, 1.807) is 10.9 Å². The normalized spacial score (nSPS) is 10.6.